The molecule has 0 bridgehead atoms. The van der Waals surface area contributed by atoms with Crippen molar-refractivity contribution in [3.63, 3.8) is 0 Å². The molecule has 1 aliphatic heterocycles. The molecule has 0 amide bonds. The van der Waals surface area contributed by atoms with Gasteiger partial charge in [0.25, 0.3) is 0 Å². The summed E-state index contributed by atoms with van der Waals surface area (Å²) in [4.78, 5) is 40.0. The van der Waals surface area contributed by atoms with Crippen LogP contribution in [0.15, 0.2) is 18.2 Å². The Morgan fingerprint density at radius 2 is 1.81 bits per heavy atom. The van der Waals surface area contributed by atoms with Crippen LogP contribution in [-0.2, 0) is 20.7 Å². The van der Waals surface area contributed by atoms with Crippen LogP contribution < -0.4 is 10.1 Å². The third-order valence-corrected chi connectivity index (χ3v) is 8.04. The van der Waals surface area contributed by atoms with Gasteiger partial charge in [0.1, 0.15) is 29.5 Å². The number of ketones is 3. The molecule has 2 aromatic rings. The van der Waals surface area contributed by atoms with E-state index in [2.05, 4.69) is 5.32 Å². The lowest BCUT2D eigenvalue weighted by atomic mass is 9.72. The van der Waals surface area contributed by atoms with E-state index < -0.39 is 89.6 Å². The summed E-state index contributed by atoms with van der Waals surface area (Å²) in [7, 11) is 1.33. The number of benzene rings is 2. The van der Waals surface area contributed by atoms with E-state index >= 15 is 0 Å². The predicted octanol–water partition coefficient (Wildman–Crippen LogP) is 1.04. The summed E-state index contributed by atoms with van der Waals surface area (Å²) < 4.78 is 17.2. The van der Waals surface area contributed by atoms with Gasteiger partial charge in [0, 0.05) is 47.5 Å². The highest BCUT2D eigenvalue weighted by Gasteiger charge is 2.50. The van der Waals surface area contributed by atoms with E-state index in [1.807, 2.05) is 20.8 Å². The molecule has 0 radical (unpaired) electrons. The van der Waals surface area contributed by atoms with Gasteiger partial charge in [0.05, 0.1) is 42.6 Å². The first-order chi connectivity index (χ1) is 19.7. The third-order valence-electron chi connectivity index (χ3n) is 8.04. The number of aliphatic hydroxyl groups is 3. The Morgan fingerprint density at radius 1 is 1.12 bits per heavy atom. The lowest BCUT2D eigenvalue weighted by Crippen LogP contribution is -2.55. The van der Waals surface area contributed by atoms with Gasteiger partial charge in [0.2, 0.25) is 5.78 Å². The van der Waals surface area contributed by atoms with E-state index in [-0.39, 0.29) is 46.6 Å². The summed E-state index contributed by atoms with van der Waals surface area (Å²) in [5.74, 6) is -3.69. The Labute approximate surface area is 241 Å². The van der Waals surface area contributed by atoms with Gasteiger partial charge >= 0.3 is 0 Å². The van der Waals surface area contributed by atoms with Crippen molar-refractivity contribution in [1.29, 1.82) is 0 Å². The van der Waals surface area contributed by atoms with Crippen LogP contribution in [0.2, 0.25) is 0 Å². The summed E-state index contributed by atoms with van der Waals surface area (Å²) in [6.07, 6.45) is -4.02. The maximum atomic E-state index is 13.7. The highest BCUT2D eigenvalue weighted by Crippen LogP contribution is 2.52. The molecular weight excluding hydrogens is 550 g/mol. The van der Waals surface area contributed by atoms with Crippen molar-refractivity contribution in [2.45, 2.75) is 75.7 Å². The van der Waals surface area contributed by atoms with Crippen molar-refractivity contribution in [3.05, 3.63) is 51.6 Å². The maximum absolute atomic E-state index is 13.7. The standard InChI is InChI=1S/C30H35NO11/c1-29(2,3)31-15-8-20(41-12-16(15)33)42-18-10-30(39,19(34)11-32)9-14-22(18)28(38)24-23(26(14)36)25(35)13-6-5-7-17(40-4)21(13)27(24)37/h5-7,15-16,18,20,31-33,36,38-39H,8-12H2,1-4H3/t15?,16?,18-,20?,30-/m0/s1. The molecule has 5 atom stereocenters. The van der Waals surface area contributed by atoms with Gasteiger partial charge in [0.15, 0.2) is 17.9 Å². The Bertz CT molecular complexity index is 1460. The molecule has 226 valence electrons. The number of carbonyl (C=O) groups is 3. The molecule has 42 heavy (non-hydrogen) atoms. The van der Waals surface area contributed by atoms with E-state index in [1.54, 1.807) is 0 Å². The van der Waals surface area contributed by atoms with Gasteiger partial charge in [-0.15, -0.1) is 0 Å². The summed E-state index contributed by atoms with van der Waals surface area (Å²) in [6.45, 7) is 4.68. The molecule has 12 heteroatoms. The second kappa shape index (κ2) is 10.7. The van der Waals surface area contributed by atoms with Crippen molar-refractivity contribution in [3.8, 4) is 17.2 Å². The van der Waals surface area contributed by atoms with E-state index in [0.29, 0.717) is 0 Å². The average Bonchev–Trinajstić information content (AvgIpc) is 2.93. The number of hydrogen-bond acceptors (Lipinski definition) is 12. The quantitative estimate of drug-likeness (QED) is 0.226. The van der Waals surface area contributed by atoms with Gasteiger partial charge in [-0.3, -0.25) is 14.4 Å². The second-order valence-corrected chi connectivity index (χ2v) is 12.1. The number of carbonyl (C=O) groups excluding carboxylic acids is 3. The number of ether oxygens (including phenoxy) is 3. The molecule has 3 unspecified atom stereocenters. The van der Waals surface area contributed by atoms with Gasteiger partial charge in [-0.2, -0.15) is 0 Å². The smallest absolute Gasteiger partial charge is 0.202 e. The van der Waals surface area contributed by atoms with Crippen LogP contribution in [0.25, 0.3) is 0 Å². The second-order valence-electron chi connectivity index (χ2n) is 12.1. The van der Waals surface area contributed by atoms with Crippen LogP contribution in [0.3, 0.4) is 0 Å². The normalized spacial score (nSPS) is 27.2. The molecule has 1 fully saturated rings. The highest BCUT2D eigenvalue weighted by molar-refractivity contribution is 6.31. The number of phenols is 2. The zero-order valence-corrected chi connectivity index (χ0v) is 23.8. The number of methoxy groups -OCH3 is 1. The summed E-state index contributed by atoms with van der Waals surface area (Å²) in [6, 6.07) is 3.95. The first-order valence-corrected chi connectivity index (χ1v) is 13.7. The number of fused-ring (bicyclic) bond motifs is 3. The van der Waals surface area contributed by atoms with Crippen LogP contribution in [0.5, 0.6) is 17.2 Å². The predicted molar refractivity (Wildman–Crippen MR) is 146 cm³/mol. The third kappa shape index (κ3) is 4.97. The van der Waals surface area contributed by atoms with Gasteiger partial charge in [-0.05, 0) is 26.8 Å². The average molecular weight is 586 g/mol. The molecule has 0 spiro atoms. The van der Waals surface area contributed by atoms with E-state index in [9.17, 15) is 39.9 Å². The summed E-state index contributed by atoms with van der Waals surface area (Å²) >= 11 is 0. The molecule has 2 aliphatic carbocycles. The van der Waals surface area contributed by atoms with Crippen LogP contribution in [-0.4, -0.2) is 92.8 Å². The van der Waals surface area contributed by atoms with Crippen LogP contribution >= 0.6 is 0 Å². The Hall–Kier alpha value is -3.39. The summed E-state index contributed by atoms with van der Waals surface area (Å²) in [5, 5.41) is 57.7. The first kappa shape index (κ1) is 30.1. The molecule has 5 rings (SSSR count). The molecule has 1 saturated heterocycles. The van der Waals surface area contributed by atoms with Crippen molar-refractivity contribution in [2.24, 2.45) is 0 Å². The lowest BCUT2D eigenvalue weighted by Gasteiger charge is -2.42. The maximum Gasteiger partial charge on any atom is 0.202 e. The molecule has 1 heterocycles. The van der Waals surface area contributed by atoms with Gasteiger partial charge in [-0.25, -0.2) is 0 Å². The van der Waals surface area contributed by atoms with Crippen molar-refractivity contribution in [1.82, 2.24) is 5.32 Å². The largest absolute Gasteiger partial charge is 0.507 e. The number of Topliss-reactive ketones (excluding diaryl/α,β-unsaturated/α-hetero) is 1. The fraction of sp³-hybridized carbons (Fsp3) is 0.500. The van der Waals surface area contributed by atoms with Crippen molar-refractivity contribution in [2.75, 3.05) is 20.3 Å². The zero-order chi connectivity index (χ0) is 30.7. The number of aliphatic hydroxyl groups excluding tert-OH is 2. The lowest BCUT2D eigenvalue weighted by molar-refractivity contribution is -0.226. The fourth-order valence-corrected chi connectivity index (χ4v) is 6.14. The van der Waals surface area contributed by atoms with Crippen LogP contribution in [0.1, 0.15) is 82.7 Å². The van der Waals surface area contributed by atoms with E-state index in [1.165, 1.54) is 25.3 Å². The molecule has 2 aromatic carbocycles. The SMILES string of the molecule is COc1cccc2c1C(=O)c1c(O)c3c(c(O)c1C2=O)C[C@@](O)(C(=O)CO)C[C@@H]3OC1CC(NC(C)(C)C)C(O)CO1. The minimum absolute atomic E-state index is 0.0432. The van der Waals surface area contributed by atoms with Gasteiger partial charge in [-0.1, -0.05) is 12.1 Å². The number of hydrogen-bond donors (Lipinski definition) is 6. The molecule has 0 saturated carbocycles. The Kier molecular flexibility index (Phi) is 7.67. The molecular formula is C30H35NO11. The zero-order valence-electron chi connectivity index (χ0n) is 23.8. The van der Waals surface area contributed by atoms with E-state index in [0.717, 1.165) is 0 Å². The molecule has 0 aromatic heterocycles. The number of rotatable bonds is 6. The molecule has 12 nitrogen and oxygen atoms in total. The Morgan fingerprint density at radius 3 is 2.45 bits per heavy atom. The first-order valence-electron chi connectivity index (χ1n) is 13.7. The highest BCUT2D eigenvalue weighted by atomic mass is 16.7. The van der Waals surface area contributed by atoms with E-state index in [4.69, 9.17) is 14.2 Å². The van der Waals surface area contributed by atoms with Crippen LogP contribution in [0, 0.1) is 0 Å². The topological polar surface area (TPSA) is 192 Å². The fourth-order valence-electron chi connectivity index (χ4n) is 6.14. The number of nitrogens with one attached hydrogen (secondary N) is 1. The summed E-state index contributed by atoms with van der Waals surface area (Å²) in [5.41, 5.74) is -3.88. The van der Waals surface area contributed by atoms with Crippen molar-refractivity contribution < 1.29 is 54.1 Å². The minimum Gasteiger partial charge on any atom is -0.507 e. The van der Waals surface area contributed by atoms with Gasteiger partial charge < -0.3 is 45.1 Å². The molecule has 3 aliphatic rings. The number of phenolic OH excluding ortho intramolecular Hbond substituents is 2. The number of aromatic hydroxyl groups is 2. The molecule has 6 N–H and O–H groups in total. The van der Waals surface area contributed by atoms with Crippen LogP contribution in [0.4, 0.5) is 0 Å². The minimum atomic E-state index is -2.23. The monoisotopic (exact) mass is 585 g/mol. The van der Waals surface area contributed by atoms with Crippen molar-refractivity contribution >= 4 is 17.3 Å². The Balaban J connectivity index is 1.63.